The highest BCUT2D eigenvalue weighted by Crippen LogP contribution is 2.10. The largest absolute Gasteiger partial charge is 0.393 e. The first-order valence-electron chi connectivity index (χ1n) is 6.82. The van der Waals surface area contributed by atoms with Crippen LogP contribution in [0.1, 0.15) is 24.5 Å². The van der Waals surface area contributed by atoms with Crippen molar-refractivity contribution in [3.63, 3.8) is 0 Å². The number of carbonyl (C=O) groups excluding carboxylic acids is 1. The zero-order valence-electron chi connectivity index (χ0n) is 12.3. The van der Waals surface area contributed by atoms with Crippen molar-refractivity contribution in [1.82, 2.24) is 10.2 Å². The number of carbonyl (C=O) groups is 1. The van der Waals surface area contributed by atoms with E-state index in [9.17, 15) is 14.3 Å². The van der Waals surface area contributed by atoms with Crippen LogP contribution in [0.2, 0.25) is 0 Å². The molecule has 2 amide bonds. The Balaban J connectivity index is 2.34. The molecule has 1 unspecified atom stereocenters. The van der Waals surface area contributed by atoms with Crippen molar-refractivity contribution in [1.29, 1.82) is 0 Å². The maximum Gasteiger partial charge on any atom is 0.317 e. The van der Waals surface area contributed by atoms with Gasteiger partial charge in [-0.05, 0) is 49.9 Å². The second kappa shape index (κ2) is 7.85. The second-order valence-corrected chi connectivity index (χ2v) is 5.11. The van der Waals surface area contributed by atoms with Gasteiger partial charge in [0.15, 0.2) is 0 Å². The molecular weight excluding hydrogens is 259 g/mol. The number of hydrogen-bond donors (Lipinski definition) is 2. The Morgan fingerprint density at radius 3 is 2.80 bits per heavy atom. The lowest BCUT2D eigenvalue weighted by molar-refractivity contribution is 0.163. The molecule has 0 saturated carbocycles. The van der Waals surface area contributed by atoms with Gasteiger partial charge in [-0.15, -0.1) is 0 Å². The van der Waals surface area contributed by atoms with Crippen LogP contribution >= 0.6 is 0 Å². The summed E-state index contributed by atoms with van der Waals surface area (Å²) >= 11 is 0. The van der Waals surface area contributed by atoms with E-state index >= 15 is 0 Å². The molecule has 1 rings (SSSR count). The van der Waals surface area contributed by atoms with Crippen LogP contribution in [0, 0.1) is 12.7 Å². The normalized spacial score (nSPS) is 12.1. The topological polar surface area (TPSA) is 52.6 Å². The van der Waals surface area contributed by atoms with Gasteiger partial charge in [0.2, 0.25) is 0 Å². The number of amides is 2. The summed E-state index contributed by atoms with van der Waals surface area (Å²) in [4.78, 5) is 13.3. The van der Waals surface area contributed by atoms with Crippen LogP contribution < -0.4 is 5.32 Å². The molecule has 0 saturated heterocycles. The summed E-state index contributed by atoms with van der Waals surface area (Å²) in [5.74, 6) is -0.242. The SMILES string of the molecule is Cc1cc(F)ccc1CCNC(=O)N(C)CCC(C)O. The van der Waals surface area contributed by atoms with Gasteiger partial charge in [-0.3, -0.25) is 0 Å². The highest BCUT2D eigenvalue weighted by molar-refractivity contribution is 5.73. The van der Waals surface area contributed by atoms with Crippen molar-refractivity contribution >= 4 is 6.03 Å². The second-order valence-electron chi connectivity index (χ2n) is 5.11. The first kappa shape index (κ1) is 16.4. The number of urea groups is 1. The minimum Gasteiger partial charge on any atom is -0.393 e. The molecule has 4 nitrogen and oxygen atoms in total. The maximum atomic E-state index is 13.0. The molecule has 0 heterocycles. The van der Waals surface area contributed by atoms with E-state index in [0.29, 0.717) is 25.9 Å². The monoisotopic (exact) mass is 282 g/mol. The number of rotatable bonds is 6. The molecule has 0 spiro atoms. The third-order valence-electron chi connectivity index (χ3n) is 3.20. The minimum atomic E-state index is -0.410. The number of benzene rings is 1. The van der Waals surface area contributed by atoms with E-state index in [1.165, 1.54) is 12.1 Å². The summed E-state index contributed by atoms with van der Waals surface area (Å²) in [6.45, 7) is 4.57. The van der Waals surface area contributed by atoms with Gasteiger partial charge in [0, 0.05) is 20.1 Å². The van der Waals surface area contributed by atoms with Crippen molar-refractivity contribution in [3.8, 4) is 0 Å². The van der Waals surface area contributed by atoms with E-state index in [-0.39, 0.29) is 11.8 Å². The summed E-state index contributed by atoms with van der Waals surface area (Å²) in [7, 11) is 1.70. The molecule has 2 N–H and O–H groups in total. The zero-order valence-corrected chi connectivity index (χ0v) is 12.3. The Morgan fingerprint density at radius 2 is 2.20 bits per heavy atom. The molecule has 1 aromatic carbocycles. The van der Waals surface area contributed by atoms with Gasteiger partial charge in [0.05, 0.1) is 6.10 Å². The Kier molecular flexibility index (Phi) is 6.45. The first-order chi connectivity index (χ1) is 9.40. The van der Waals surface area contributed by atoms with Crippen LogP contribution in [0.25, 0.3) is 0 Å². The number of nitrogens with zero attached hydrogens (tertiary/aromatic N) is 1. The number of nitrogens with one attached hydrogen (secondary N) is 1. The van der Waals surface area contributed by atoms with Crippen LogP contribution in [0.15, 0.2) is 18.2 Å². The molecule has 0 radical (unpaired) electrons. The molecule has 0 aliphatic carbocycles. The zero-order chi connectivity index (χ0) is 15.1. The van der Waals surface area contributed by atoms with Crippen molar-refractivity contribution < 1.29 is 14.3 Å². The van der Waals surface area contributed by atoms with Gasteiger partial charge in [-0.1, -0.05) is 6.07 Å². The number of aryl methyl sites for hydroxylation is 1. The molecule has 20 heavy (non-hydrogen) atoms. The summed E-state index contributed by atoms with van der Waals surface area (Å²) in [6.07, 6.45) is 0.815. The first-order valence-corrected chi connectivity index (χ1v) is 6.82. The molecule has 0 fully saturated rings. The Morgan fingerprint density at radius 1 is 1.50 bits per heavy atom. The highest BCUT2D eigenvalue weighted by atomic mass is 19.1. The van der Waals surface area contributed by atoms with Gasteiger partial charge in [-0.25, -0.2) is 9.18 Å². The van der Waals surface area contributed by atoms with E-state index in [4.69, 9.17) is 0 Å². The van der Waals surface area contributed by atoms with Gasteiger partial charge in [0.1, 0.15) is 5.82 Å². The van der Waals surface area contributed by atoms with Gasteiger partial charge in [0.25, 0.3) is 0 Å². The molecule has 1 atom stereocenters. The van der Waals surface area contributed by atoms with E-state index in [1.807, 2.05) is 6.92 Å². The van der Waals surface area contributed by atoms with Crippen molar-refractivity contribution in [2.45, 2.75) is 32.8 Å². The lowest BCUT2D eigenvalue weighted by Gasteiger charge is -2.18. The van der Waals surface area contributed by atoms with Crippen LogP contribution in [-0.4, -0.2) is 42.3 Å². The molecule has 1 aromatic rings. The third-order valence-corrected chi connectivity index (χ3v) is 3.20. The average Bonchev–Trinajstić information content (AvgIpc) is 2.38. The van der Waals surface area contributed by atoms with Crippen molar-refractivity contribution in [3.05, 3.63) is 35.1 Å². The minimum absolute atomic E-state index is 0.162. The quantitative estimate of drug-likeness (QED) is 0.839. The Hall–Kier alpha value is -1.62. The molecule has 112 valence electrons. The number of aliphatic hydroxyl groups is 1. The van der Waals surface area contributed by atoms with Crippen molar-refractivity contribution in [2.75, 3.05) is 20.1 Å². The van der Waals surface area contributed by atoms with Crippen LogP contribution in [0.5, 0.6) is 0 Å². The van der Waals surface area contributed by atoms with E-state index in [0.717, 1.165) is 11.1 Å². The summed E-state index contributed by atoms with van der Waals surface area (Å²) in [6, 6.07) is 4.50. The smallest absolute Gasteiger partial charge is 0.317 e. The van der Waals surface area contributed by atoms with Crippen LogP contribution in [0.4, 0.5) is 9.18 Å². The number of aliphatic hydroxyl groups excluding tert-OH is 1. The standard InChI is InChI=1S/C15H23FN2O2/c1-11-10-14(16)5-4-13(11)6-8-17-15(20)18(3)9-7-12(2)19/h4-5,10,12,19H,6-9H2,1-3H3,(H,17,20). The third kappa shape index (κ3) is 5.57. The van der Waals surface area contributed by atoms with E-state index < -0.39 is 6.10 Å². The lowest BCUT2D eigenvalue weighted by atomic mass is 10.1. The van der Waals surface area contributed by atoms with Gasteiger partial charge >= 0.3 is 6.03 Å². The predicted octanol–water partition coefficient (Wildman–Crippen LogP) is 2.09. The van der Waals surface area contributed by atoms with Crippen LogP contribution in [0.3, 0.4) is 0 Å². The molecule has 0 aliphatic rings. The molecule has 0 aromatic heterocycles. The average molecular weight is 282 g/mol. The summed E-state index contributed by atoms with van der Waals surface area (Å²) in [5, 5.41) is 12.0. The van der Waals surface area contributed by atoms with E-state index in [2.05, 4.69) is 5.32 Å². The fourth-order valence-corrected chi connectivity index (χ4v) is 1.86. The number of halogens is 1. The molecular formula is C15H23FN2O2. The van der Waals surface area contributed by atoms with Gasteiger partial charge in [-0.2, -0.15) is 0 Å². The lowest BCUT2D eigenvalue weighted by Crippen LogP contribution is -2.39. The van der Waals surface area contributed by atoms with Crippen molar-refractivity contribution in [2.24, 2.45) is 0 Å². The fourth-order valence-electron chi connectivity index (χ4n) is 1.86. The Labute approximate surface area is 119 Å². The summed E-state index contributed by atoms with van der Waals surface area (Å²) in [5.41, 5.74) is 1.92. The molecule has 5 heteroatoms. The summed E-state index contributed by atoms with van der Waals surface area (Å²) < 4.78 is 13.0. The van der Waals surface area contributed by atoms with E-state index in [1.54, 1.807) is 24.9 Å². The predicted molar refractivity (Wildman–Crippen MR) is 77.2 cm³/mol. The number of hydrogen-bond acceptors (Lipinski definition) is 2. The Bertz CT molecular complexity index is 449. The maximum absolute atomic E-state index is 13.0. The molecule has 0 bridgehead atoms. The molecule has 0 aliphatic heterocycles. The highest BCUT2D eigenvalue weighted by Gasteiger charge is 2.09. The van der Waals surface area contributed by atoms with Gasteiger partial charge < -0.3 is 15.3 Å². The fraction of sp³-hybridized carbons (Fsp3) is 0.533. The van der Waals surface area contributed by atoms with Crippen LogP contribution in [-0.2, 0) is 6.42 Å².